The van der Waals surface area contributed by atoms with Crippen LogP contribution in [-0.4, -0.2) is 42.3 Å². The number of hydrogen-bond donors (Lipinski definition) is 0. The van der Waals surface area contributed by atoms with Gasteiger partial charge in [-0.25, -0.2) is 4.68 Å². The molecule has 3 aromatic rings. The number of rotatable bonds is 5. The number of nitrogens with zero attached hydrogens (tertiary/aromatic N) is 6. The summed E-state index contributed by atoms with van der Waals surface area (Å²) >= 11 is 0. The minimum atomic E-state index is 0.514. The Balaban J connectivity index is 1.45. The molecule has 1 aliphatic rings. The third-order valence-corrected chi connectivity index (χ3v) is 4.91. The number of benzene rings is 1. The second-order valence-electron chi connectivity index (χ2n) is 6.87. The fourth-order valence-electron chi connectivity index (χ4n) is 3.66. The van der Waals surface area contributed by atoms with Gasteiger partial charge in [0, 0.05) is 18.3 Å². The Kier molecular flexibility index (Phi) is 4.36. The van der Waals surface area contributed by atoms with Gasteiger partial charge in [0.1, 0.15) is 0 Å². The molecule has 0 spiro atoms. The summed E-state index contributed by atoms with van der Waals surface area (Å²) in [7, 11) is 0. The van der Waals surface area contributed by atoms with Crippen LogP contribution in [0.25, 0.3) is 5.69 Å². The van der Waals surface area contributed by atoms with Gasteiger partial charge >= 0.3 is 0 Å². The van der Waals surface area contributed by atoms with Crippen molar-refractivity contribution in [3.8, 4) is 5.69 Å². The van der Waals surface area contributed by atoms with Crippen molar-refractivity contribution in [2.24, 2.45) is 0 Å². The van der Waals surface area contributed by atoms with Crippen LogP contribution in [0.5, 0.6) is 0 Å². The summed E-state index contributed by atoms with van der Waals surface area (Å²) in [5.41, 5.74) is 4.39. The first-order valence-corrected chi connectivity index (χ1v) is 8.91. The maximum atomic E-state index is 4.62. The van der Waals surface area contributed by atoms with Crippen molar-refractivity contribution in [2.75, 3.05) is 6.54 Å². The van der Waals surface area contributed by atoms with E-state index in [0.29, 0.717) is 6.04 Å². The Labute approximate surface area is 148 Å². The summed E-state index contributed by atoms with van der Waals surface area (Å²) in [6.07, 6.45) is 4.48. The third kappa shape index (κ3) is 3.49. The highest BCUT2D eigenvalue weighted by atomic mass is 15.4. The molecule has 0 bridgehead atoms. The molecular weight excluding hydrogens is 312 g/mol. The van der Waals surface area contributed by atoms with Gasteiger partial charge in [-0.3, -0.25) is 9.58 Å². The van der Waals surface area contributed by atoms with Crippen LogP contribution in [0.4, 0.5) is 0 Å². The molecular formula is C19H24N6. The molecule has 1 atom stereocenters. The van der Waals surface area contributed by atoms with Crippen molar-refractivity contribution in [3.63, 3.8) is 0 Å². The van der Waals surface area contributed by atoms with Crippen LogP contribution in [-0.2, 0) is 13.1 Å². The van der Waals surface area contributed by atoms with Crippen LogP contribution in [0.15, 0.2) is 42.6 Å². The van der Waals surface area contributed by atoms with Crippen LogP contribution in [0.3, 0.4) is 0 Å². The smallest absolute Gasteiger partial charge is 0.0971 e. The van der Waals surface area contributed by atoms with E-state index in [-0.39, 0.29) is 0 Å². The van der Waals surface area contributed by atoms with Crippen molar-refractivity contribution in [3.05, 3.63) is 59.7 Å². The lowest BCUT2D eigenvalue weighted by Crippen LogP contribution is -2.33. The van der Waals surface area contributed by atoms with Gasteiger partial charge in [-0.15, -0.1) is 5.10 Å². The molecule has 2 aromatic heterocycles. The molecule has 4 rings (SSSR count). The Hall–Kier alpha value is -2.47. The number of hydrogen-bond acceptors (Lipinski definition) is 4. The molecule has 0 amide bonds. The van der Waals surface area contributed by atoms with Gasteiger partial charge in [-0.1, -0.05) is 23.4 Å². The van der Waals surface area contributed by atoms with E-state index >= 15 is 0 Å². The Morgan fingerprint density at radius 1 is 1.16 bits per heavy atom. The standard InChI is InChI=1S/C19H24N6/c1-15-11-16(2)24(21-15)14-19-9-6-10-23(19)12-17-13-25(22-20-17)18-7-4-3-5-8-18/h3-5,7-8,11,13,19H,6,9-10,12,14H2,1-2H3/t19-/m1/s1. The zero-order valence-corrected chi connectivity index (χ0v) is 14.8. The van der Waals surface area contributed by atoms with E-state index in [4.69, 9.17) is 0 Å². The Bertz CT molecular complexity index is 835. The molecule has 6 heteroatoms. The lowest BCUT2D eigenvalue weighted by Gasteiger charge is -2.23. The van der Waals surface area contributed by atoms with E-state index in [9.17, 15) is 0 Å². The van der Waals surface area contributed by atoms with Gasteiger partial charge in [0.2, 0.25) is 0 Å². The number of aromatic nitrogens is 5. The predicted molar refractivity (Wildman–Crippen MR) is 96.5 cm³/mol. The lowest BCUT2D eigenvalue weighted by molar-refractivity contribution is 0.215. The summed E-state index contributed by atoms with van der Waals surface area (Å²) in [6.45, 7) is 7.09. The normalized spacial score (nSPS) is 18.1. The van der Waals surface area contributed by atoms with Gasteiger partial charge in [0.15, 0.2) is 0 Å². The summed E-state index contributed by atoms with van der Waals surface area (Å²) in [6, 6.07) is 12.8. The molecule has 1 saturated heterocycles. The number of aryl methyl sites for hydroxylation is 2. The maximum absolute atomic E-state index is 4.62. The van der Waals surface area contributed by atoms with Crippen LogP contribution in [0, 0.1) is 13.8 Å². The summed E-state index contributed by atoms with van der Waals surface area (Å²) < 4.78 is 3.99. The van der Waals surface area contributed by atoms with E-state index in [1.54, 1.807) is 0 Å². The zero-order chi connectivity index (χ0) is 17.2. The molecule has 0 unspecified atom stereocenters. The first-order chi connectivity index (χ1) is 12.2. The maximum Gasteiger partial charge on any atom is 0.0971 e. The van der Waals surface area contributed by atoms with Crippen LogP contribution in [0.2, 0.25) is 0 Å². The van der Waals surface area contributed by atoms with Crippen LogP contribution >= 0.6 is 0 Å². The van der Waals surface area contributed by atoms with Crippen LogP contribution < -0.4 is 0 Å². The first-order valence-electron chi connectivity index (χ1n) is 8.91. The molecule has 0 radical (unpaired) electrons. The Morgan fingerprint density at radius 2 is 2.00 bits per heavy atom. The average molecular weight is 336 g/mol. The molecule has 0 saturated carbocycles. The minimum absolute atomic E-state index is 0.514. The van der Waals surface area contributed by atoms with Crippen LogP contribution in [0.1, 0.15) is 29.9 Å². The predicted octanol–water partition coefficient (Wildman–Crippen LogP) is 2.75. The fourth-order valence-corrected chi connectivity index (χ4v) is 3.66. The largest absolute Gasteiger partial charge is 0.293 e. The molecule has 3 heterocycles. The molecule has 6 nitrogen and oxygen atoms in total. The van der Waals surface area contributed by atoms with Crippen molar-refractivity contribution in [1.29, 1.82) is 0 Å². The summed E-state index contributed by atoms with van der Waals surface area (Å²) in [4.78, 5) is 2.51. The summed E-state index contributed by atoms with van der Waals surface area (Å²) in [5, 5.41) is 13.3. The number of likely N-dealkylation sites (tertiary alicyclic amines) is 1. The lowest BCUT2D eigenvalue weighted by atomic mass is 10.2. The highest BCUT2D eigenvalue weighted by molar-refractivity contribution is 5.29. The second kappa shape index (κ2) is 6.80. The van der Waals surface area contributed by atoms with Gasteiger partial charge in [0.25, 0.3) is 0 Å². The summed E-state index contributed by atoms with van der Waals surface area (Å²) in [5.74, 6) is 0. The highest BCUT2D eigenvalue weighted by Gasteiger charge is 2.26. The molecule has 1 aliphatic heterocycles. The monoisotopic (exact) mass is 336 g/mol. The van der Waals surface area contributed by atoms with E-state index in [1.807, 2.05) is 41.2 Å². The van der Waals surface area contributed by atoms with Gasteiger partial charge in [-0.05, 0) is 51.4 Å². The van der Waals surface area contributed by atoms with Gasteiger partial charge in [0.05, 0.1) is 29.8 Å². The topological polar surface area (TPSA) is 51.8 Å². The van der Waals surface area contributed by atoms with E-state index < -0.39 is 0 Å². The van der Waals surface area contributed by atoms with Crippen molar-refractivity contribution in [2.45, 2.75) is 45.8 Å². The third-order valence-electron chi connectivity index (χ3n) is 4.91. The van der Waals surface area contributed by atoms with Crippen molar-refractivity contribution in [1.82, 2.24) is 29.7 Å². The SMILES string of the molecule is Cc1cc(C)n(C[C@H]2CCCN2Cc2cn(-c3ccccc3)nn2)n1. The van der Waals surface area contributed by atoms with Gasteiger partial charge < -0.3 is 0 Å². The van der Waals surface area contributed by atoms with E-state index in [0.717, 1.165) is 36.7 Å². The molecule has 1 aromatic carbocycles. The molecule has 1 fully saturated rings. The molecule has 0 N–H and O–H groups in total. The average Bonchev–Trinajstić information content (AvgIpc) is 3.32. The second-order valence-corrected chi connectivity index (χ2v) is 6.87. The fraction of sp³-hybridized carbons (Fsp3) is 0.421. The molecule has 25 heavy (non-hydrogen) atoms. The zero-order valence-electron chi connectivity index (χ0n) is 14.8. The minimum Gasteiger partial charge on any atom is -0.293 e. The van der Waals surface area contributed by atoms with E-state index in [1.165, 1.54) is 18.5 Å². The van der Waals surface area contributed by atoms with Gasteiger partial charge in [-0.2, -0.15) is 5.10 Å². The van der Waals surface area contributed by atoms with E-state index in [2.05, 4.69) is 44.9 Å². The molecule has 0 aliphatic carbocycles. The highest BCUT2D eigenvalue weighted by Crippen LogP contribution is 2.21. The van der Waals surface area contributed by atoms with Crippen molar-refractivity contribution >= 4 is 0 Å². The Morgan fingerprint density at radius 3 is 2.76 bits per heavy atom. The number of para-hydroxylation sites is 1. The van der Waals surface area contributed by atoms with Crippen molar-refractivity contribution < 1.29 is 0 Å². The first kappa shape index (κ1) is 16.0. The quantitative estimate of drug-likeness (QED) is 0.719. The molecule has 130 valence electrons.